The first kappa shape index (κ1) is 60.1. The minimum absolute atomic E-state index is 0.0451. The van der Waals surface area contributed by atoms with E-state index in [0.717, 1.165) is 38.5 Å². The number of carbonyl (C=O) groups is 1. The fourth-order valence-corrected chi connectivity index (χ4v) is 9.01. The lowest BCUT2D eigenvalue weighted by Gasteiger charge is -2.41. The summed E-state index contributed by atoms with van der Waals surface area (Å²) in [5.41, 5.74) is 0. The molecule has 0 aliphatic carbocycles. The standard InChI is InChI=1S/C50H98O12S/c1-3-5-7-9-11-13-15-17-18-19-20-21-22-23-24-25-26-28-30-32-34-36-38-40-58-42-44(43-59-50-48(54)49(62-63(55,56)57)47(53)45(41-51)61-50)60-46(52)39-37-35-33-31-29-27-16-14-12-10-8-6-4-2/h44-45,47-51,53-54H,3-43H2,1-2H3,(H,55,56,57). The van der Waals surface area contributed by atoms with Gasteiger partial charge >= 0.3 is 16.4 Å². The summed E-state index contributed by atoms with van der Waals surface area (Å²) in [5, 5.41) is 30.7. The van der Waals surface area contributed by atoms with Gasteiger partial charge in [-0.25, -0.2) is 4.18 Å². The minimum atomic E-state index is -5.06. The van der Waals surface area contributed by atoms with Crippen LogP contribution >= 0.6 is 0 Å². The molecule has 0 aromatic heterocycles. The lowest BCUT2D eigenvalue weighted by Crippen LogP contribution is -2.60. The average Bonchev–Trinajstić information content (AvgIpc) is 3.26. The van der Waals surface area contributed by atoms with Crippen LogP contribution in [0.2, 0.25) is 0 Å². The number of hydrogen-bond donors (Lipinski definition) is 4. The number of ether oxygens (including phenoxy) is 4. The molecule has 0 bridgehead atoms. The lowest BCUT2D eigenvalue weighted by atomic mass is 9.99. The van der Waals surface area contributed by atoms with Crippen molar-refractivity contribution in [3.63, 3.8) is 0 Å². The molecule has 1 saturated heterocycles. The Morgan fingerprint density at radius 1 is 0.540 bits per heavy atom. The van der Waals surface area contributed by atoms with Crippen molar-refractivity contribution in [3.8, 4) is 0 Å². The molecule has 12 nitrogen and oxygen atoms in total. The summed E-state index contributed by atoms with van der Waals surface area (Å²) < 4.78 is 59.2. The van der Waals surface area contributed by atoms with Crippen LogP contribution in [-0.2, 0) is 38.3 Å². The number of rotatable bonds is 47. The van der Waals surface area contributed by atoms with Crippen LogP contribution in [0, 0.1) is 0 Å². The summed E-state index contributed by atoms with van der Waals surface area (Å²) in [7, 11) is -5.06. The molecule has 6 unspecified atom stereocenters. The molecule has 0 saturated carbocycles. The smallest absolute Gasteiger partial charge is 0.397 e. The maximum Gasteiger partial charge on any atom is 0.397 e. The van der Waals surface area contributed by atoms with Gasteiger partial charge in [-0.1, -0.05) is 232 Å². The molecular weight excluding hydrogens is 825 g/mol. The molecule has 63 heavy (non-hydrogen) atoms. The average molecular weight is 923 g/mol. The molecule has 6 atom stereocenters. The maximum atomic E-state index is 12.9. The van der Waals surface area contributed by atoms with Crippen molar-refractivity contribution in [1.82, 2.24) is 0 Å². The highest BCUT2D eigenvalue weighted by molar-refractivity contribution is 7.80. The van der Waals surface area contributed by atoms with Crippen LogP contribution in [0.5, 0.6) is 0 Å². The fraction of sp³-hybridized carbons (Fsp3) is 0.980. The van der Waals surface area contributed by atoms with E-state index < -0.39 is 59.8 Å². The van der Waals surface area contributed by atoms with Crippen molar-refractivity contribution in [2.75, 3.05) is 26.4 Å². The number of carbonyl (C=O) groups excluding carboxylic acids is 1. The molecule has 1 aliphatic heterocycles. The second kappa shape index (κ2) is 42.5. The summed E-state index contributed by atoms with van der Waals surface area (Å²) in [4.78, 5) is 12.9. The van der Waals surface area contributed by atoms with Gasteiger partial charge in [0.05, 0.1) is 19.8 Å². The number of unbranched alkanes of at least 4 members (excludes halogenated alkanes) is 34. The van der Waals surface area contributed by atoms with E-state index >= 15 is 0 Å². The largest absolute Gasteiger partial charge is 0.457 e. The summed E-state index contributed by atoms with van der Waals surface area (Å²) in [6.07, 6.45) is 37.2. The summed E-state index contributed by atoms with van der Waals surface area (Å²) in [6.45, 7) is 4.05. The van der Waals surface area contributed by atoms with E-state index in [-0.39, 0.29) is 19.6 Å². The first-order valence-electron chi connectivity index (χ1n) is 26.3. The van der Waals surface area contributed by atoms with Gasteiger partial charge in [-0.15, -0.1) is 0 Å². The molecule has 376 valence electrons. The molecule has 0 amide bonds. The number of hydrogen-bond acceptors (Lipinski definition) is 11. The van der Waals surface area contributed by atoms with Crippen molar-refractivity contribution < 1.29 is 56.2 Å². The first-order valence-corrected chi connectivity index (χ1v) is 27.7. The second-order valence-electron chi connectivity index (χ2n) is 18.5. The number of esters is 1. The predicted molar refractivity (Wildman–Crippen MR) is 253 cm³/mol. The van der Waals surface area contributed by atoms with E-state index in [4.69, 9.17) is 18.9 Å². The Balaban J connectivity index is 2.29. The number of aliphatic hydroxyl groups excluding tert-OH is 3. The van der Waals surface area contributed by atoms with Crippen LogP contribution in [0.25, 0.3) is 0 Å². The van der Waals surface area contributed by atoms with Crippen LogP contribution in [0.15, 0.2) is 0 Å². The molecular formula is C50H98O12S. The van der Waals surface area contributed by atoms with Gasteiger partial charge in [0.25, 0.3) is 0 Å². The van der Waals surface area contributed by atoms with Gasteiger partial charge in [-0.2, -0.15) is 8.42 Å². The molecule has 0 aromatic carbocycles. The Hall–Kier alpha value is -0.900. The zero-order valence-corrected chi connectivity index (χ0v) is 41.2. The topological polar surface area (TPSA) is 178 Å². The van der Waals surface area contributed by atoms with Crippen molar-refractivity contribution >= 4 is 16.4 Å². The van der Waals surface area contributed by atoms with Crippen molar-refractivity contribution in [1.29, 1.82) is 0 Å². The first-order chi connectivity index (χ1) is 30.6. The zero-order chi connectivity index (χ0) is 46.1. The predicted octanol–water partition coefficient (Wildman–Crippen LogP) is 12.0. The second-order valence-corrected chi connectivity index (χ2v) is 19.5. The Bertz CT molecular complexity index is 1110. The molecule has 1 fully saturated rings. The van der Waals surface area contributed by atoms with Gasteiger partial charge < -0.3 is 34.3 Å². The molecule has 1 rings (SSSR count). The van der Waals surface area contributed by atoms with E-state index in [1.807, 2.05) is 0 Å². The highest BCUT2D eigenvalue weighted by Gasteiger charge is 2.48. The Kier molecular flexibility index (Phi) is 40.5. The quantitative estimate of drug-likeness (QED) is 0.0258. The third kappa shape index (κ3) is 35.9. The van der Waals surface area contributed by atoms with E-state index in [1.54, 1.807) is 0 Å². The molecule has 0 radical (unpaired) electrons. The number of aliphatic hydroxyl groups is 3. The third-order valence-corrected chi connectivity index (χ3v) is 12.9. The molecule has 0 aromatic rings. The summed E-state index contributed by atoms with van der Waals surface area (Å²) >= 11 is 0. The van der Waals surface area contributed by atoms with Crippen LogP contribution in [0.4, 0.5) is 0 Å². The van der Waals surface area contributed by atoms with E-state index in [9.17, 15) is 33.1 Å². The van der Waals surface area contributed by atoms with E-state index in [2.05, 4.69) is 18.0 Å². The van der Waals surface area contributed by atoms with Crippen molar-refractivity contribution in [3.05, 3.63) is 0 Å². The van der Waals surface area contributed by atoms with Crippen LogP contribution < -0.4 is 0 Å². The highest BCUT2D eigenvalue weighted by atomic mass is 32.3. The lowest BCUT2D eigenvalue weighted by molar-refractivity contribution is -0.301. The van der Waals surface area contributed by atoms with Gasteiger partial charge in [-0.3, -0.25) is 9.35 Å². The molecule has 1 heterocycles. The Labute approximate surface area is 386 Å². The zero-order valence-electron chi connectivity index (χ0n) is 40.4. The molecule has 0 spiro atoms. The molecule has 13 heteroatoms. The monoisotopic (exact) mass is 923 g/mol. The Morgan fingerprint density at radius 3 is 1.27 bits per heavy atom. The van der Waals surface area contributed by atoms with Crippen molar-refractivity contribution in [2.24, 2.45) is 0 Å². The van der Waals surface area contributed by atoms with Gasteiger partial charge in [0.1, 0.15) is 30.5 Å². The van der Waals surface area contributed by atoms with E-state index in [0.29, 0.717) is 13.0 Å². The van der Waals surface area contributed by atoms with Gasteiger partial charge in [-0.05, 0) is 12.8 Å². The summed E-state index contributed by atoms with van der Waals surface area (Å²) in [5.74, 6) is -0.392. The molecule has 1 aliphatic rings. The minimum Gasteiger partial charge on any atom is -0.457 e. The van der Waals surface area contributed by atoms with E-state index in [1.165, 1.54) is 186 Å². The highest BCUT2D eigenvalue weighted by Crippen LogP contribution is 2.26. The molecule has 4 N–H and O–H groups in total. The van der Waals surface area contributed by atoms with Crippen LogP contribution in [-0.4, -0.2) is 97.5 Å². The Morgan fingerprint density at radius 2 is 0.905 bits per heavy atom. The normalized spacial score (nSPS) is 19.7. The maximum absolute atomic E-state index is 12.9. The van der Waals surface area contributed by atoms with Crippen LogP contribution in [0.1, 0.15) is 251 Å². The van der Waals surface area contributed by atoms with Gasteiger partial charge in [0, 0.05) is 13.0 Å². The summed E-state index contributed by atoms with van der Waals surface area (Å²) in [6, 6.07) is 0. The third-order valence-electron chi connectivity index (χ3n) is 12.5. The van der Waals surface area contributed by atoms with Gasteiger partial charge in [0.15, 0.2) is 6.29 Å². The van der Waals surface area contributed by atoms with Gasteiger partial charge in [0.2, 0.25) is 0 Å². The fourth-order valence-electron chi connectivity index (χ4n) is 8.50. The van der Waals surface area contributed by atoms with Crippen molar-refractivity contribution in [2.45, 2.75) is 288 Å². The SMILES string of the molecule is CCCCCCCCCCCCCCCCCCCCCCCCCOCC(COC1OC(CO)C(O)C(OS(=O)(=O)O)C1O)OC(=O)CCCCCCCCCCCCCCC. The van der Waals surface area contributed by atoms with Crippen LogP contribution in [0.3, 0.4) is 0 Å².